The predicted octanol–water partition coefficient (Wildman–Crippen LogP) is 2.46. The first-order chi connectivity index (χ1) is 17.7. The van der Waals surface area contributed by atoms with Crippen LogP contribution in [-0.4, -0.2) is 91.6 Å². The molecule has 1 amide bonds. The molecule has 1 aromatic carbocycles. The molecule has 1 N–H and O–H groups in total. The fraction of sp³-hybridized carbons (Fsp3) is 0.462. The van der Waals surface area contributed by atoms with E-state index in [2.05, 4.69) is 27.1 Å². The number of pyridine rings is 1. The van der Waals surface area contributed by atoms with E-state index in [4.69, 9.17) is 19.2 Å². The first-order valence-electron chi connectivity index (χ1n) is 12.5. The van der Waals surface area contributed by atoms with Crippen molar-refractivity contribution in [3.8, 4) is 11.5 Å². The number of methoxy groups -OCH3 is 1. The molecule has 10 nitrogen and oxygen atoms in total. The second kappa shape index (κ2) is 11.0. The molecular weight excluding hydrogens is 460 g/mol. The number of amidine groups is 1. The molecule has 0 saturated carbocycles. The summed E-state index contributed by atoms with van der Waals surface area (Å²) in [6, 6.07) is 7.31. The number of aliphatic imine (C=N–C) groups is 2. The molecule has 2 aromatic rings. The molecule has 0 radical (unpaired) electrons. The van der Waals surface area contributed by atoms with Crippen LogP contribution in [0.5, 0.6) is 11.5 Å². The number of fused-ring (bicyclic) bond motifs is 3. The number of hydrogen-bond donors (Lipinski definition) is 1. The van der Waals surface area contributed by atoms with Gasteiger partial charge in [-0.05, 0) is 37.1 Å². The molecule has 1 atom stereocenters. The Morgan fingerprint density at radius 2 is 2.19 bits per heavy atom. The Balaban J connectivity index is 1.31. The summed E-state index contributed by atoms with van der Waals surface area (Å²) in [5.41, 5.74) is 1.92. The SMILES string of the molecule is CCC1CN(CCCOc2ccc3c(c2OC)N=C(NC(=O)c2cccnc2)N2CCN=C32)CCO1. The molecule has 1 saturated heterocycles. The molecule has 0 bridgehead atoms. The van der Waals surface area contributed by atoms with Crippen LogP contribution in [0.2, 0.25) is 0 Å². The number of hydrogen-bond acceptors (Lipinski definition) is 9. The molecule has 1 unspecified atom stereocenters. The van der Waals surface area contributed by atoms with E-state index in [9.17, 15) is 4.79 Å². The summed E-state index contributed by atoms with van der Waals surface area (Å²) >= 11 is 0. The number of amides is 1. The zero-order chi connectivity index (χ0) is 24.9. The van der Waals surface area contributed by atoms with E-state index >= 15 is 0 Å². The summed E-state index contributed by atoms with van der Waals surface area (Å²) in [5.74, 6) is 2.06. The van der Waals surface area contributed by atoms with Gasteiger partial charge in [0.15, 0.2) is 11.5 Å². The zero-order valence-electron chi connectivity index (χ0n) is 20.8. The van der Waals surface area contributed by atoms with Crippen molar-refractivity contribution in [3.05, 3.63) is 47.8 Å². The number of guanidine groups is 1. The van der Waals surface area contributed by atoms with Crippen molar-refractivity contribution in [2.24, 2.45) is 9.98 Å². The largest absolute Gasteiger partial charge is 0.491 e. The minimum absolute atomic E-state index is 0.281. The smallest absolute Gasteiger partial charge is 0.259 e. The van der Waals surface area contributed by atoms with E-state index in [1.807, 2.05) is 17.0 Å². The molecule has 3 aliphatic rings. The fourth-order valence-electron chi connectivity index (χ4n) is 4.67. The lowest BCUT2D eigenvalue weighted by atomic mass is 10.1. The highest BCUT2D eigenvalue weighted by atomic mass is 16.5. The van der Waals surface area contributed by atoms with Gasteiger partial charge >= 0.3 is 0 Å². The molecule has 1 fully saturated rings. The van der Waals surface area contributed by atoms with E-state index < -0.39 is 0 Å². The molecule has 4 heterocycles. The second-order valence-corrected chi connectivity index (χ2v) is 8.88. The Morgan fingerprint density at radius 1 is 1.28 bits per heavy atom. The molecule has 36 heavy (non-hydrogen) atoms. The first kappa shape index (κ1) is 24.2. The third kappa shape index (κ3) is 5.05. The minimum atomic E-state index is -0.281. The molecule has 0 aliphatic carbocycles. The van der Waals surface area contributed by atoms with Crippen molar-refractivity contribution in [1.82, 2.24) is 20.1 Å². The highest BCUT2D eigenvalue weighted by Gasteiger charge is 2.33. The maximum absolute atomic E-state index is 12.8. The Kier molecular flexibility index (Phi) is 7.43. The summed E-state index contributed by atoms with van der Waals surface area (Å²) in [6.07, 6.45) is 5.41. The third-order valence-corrected chi connectivity index (χ3v) is 6.56. The van der Waals surface area contributed by atoms with Crippen LogP contribution in [0, 0.1) is 0 Å². The Morgan fingerprint density at radius 3 is 3.00 bits per heavy atom. The van der Waals surface area contributed by atoms with Gasteiger partial charge < -0.3 is 14.2 Å². The number of carbonyl (C=O) groups is 1. The highest BCUT2D eigenvalue weighted by Crippen LogP contribution is 2.43. The third-order valence-electron chi connectivity index (χ3n) is 6.56. The lowest BCUT2D eigenvalue weighted by Crippen LogP contribution is -2.47. The summed E-state index contributed by atoms with van der Waals surface area (Å²) in [4.78, 5) is 30.6. The van der Waals surface area contributed by atoms with Gasteiger partial charge in [-0.1, -0.05) is 6.92 Å². The van der Waals surface area contributed by atoms with Crippen molar-refractivity contribution >= 4 is 23.4 Å². The number of rotatable bonds is 8. The number of nitrogens with zero attached hydrogens (tertiary/aromatic N) is 5. The van der Waals surface area contributed by atoms with Gasteiger partial charge in [-0.3, -0.25) is 29.9 Å². The van der Waals surface area contributed by atoms with Crippen molar-refractivity contribution in [2.75, 3.05) is 53.0 Å². The lowest BCUT2D eigenvalue weighted by molar-refractivity contribution is -0.0306. The van der Waals surface area contributed by atoms with E-state index in [0.29, 0.717) is 54.5 Å². The highest BCUT2D eigenvalue weighted by molar-refractivity contribution is 6.20. The maximum atomic E-state index is 12.8. The maximum Gasteiger partial charge on any atom is 0.259 e. The van der Waals surface area contributed by atoms with Crippen LogP contribution < -0.4 is 14.8 Å². The molecule has 5 rings (SSSR count). The Hall–Kier alpha value is -3.50. The number of carbonyl (C=O) groups excluding carboxylic acids is 1. The topological polar surface area (TPSA) is 101 Å². The van der Waals surface area contributed by atoms with Gasteiger partial charge in [-0.2, -0.15) is 0 Å². The van der Waals surface area contributed by atoms with Crippen LogP contribution in [-0.2, 0) is 4.74 Å². The van der Waals surface area contributed by atoms with Crippen molar-refractivity contribution in [1.29, 1.82) is 0 Å². The molecular formula is C26H32N6O4. The first-order valence-corrected chi connectivity index (χ1v) is 12.5. The predicted molar refractivity (Wildman–Crippen MR) is 136 cm³/mol. The second-order valence-electron chi connectivity index (χ2n) is 8.88. The number of benzene rings is 1. The standard InChI is InChI=1S/C26H32N6O4/c1-3-19-17-31(13-15-35-19)11-5-14-36-21-8-7-20-22(23(21)34-2)29-26(32-12-10-28-24(20)32)30-25(33)18-6-4-9-27-16-18/h4,6-9,16,19H,3,5,10-15,17H2,1-2H3,(H,29,30,33). The minimum Gasteiger partial charge on any atom is -0.491 e. The normalized spacial score (nSPS) is 19.2. The van der Waals surface area contributed by atoms with Gasteiger partial charge in [0.25, 0.3) is 5.91 Å². The Bertz CT molecular complexity index is 1150. The van der Waals surface area contributed by atoms with E-state index in [0.717, 1.165) is 50.5 Å². The van der Waals surface area contributed by atoms with Crippen LogP contribution in [0.25, 0.3) is 0 Å². The molecule has 0 spiro atoms. The molecule has 1 aromatic heterocycles. The number of ether oxygens (including phenoxy) is 3. The van der Waals surface area contributed by atoms with Crippen molar-refractivity contribution in [2.45, 2.75) is 25.9 Å². The average Bonchev–Trinajstić information content (AvgIpc) is 3.42. The number of aromatic nitrogens is 1. The van der Waals surface area contributed by atoms with Crippen LogP contribution in [0.1, 0.15) is 35.7 Å². The zero-order valence-corrected chi connectivity index (χ0v) is 20.8. The quantitative estimate of drug-likeness (QED) is 0.565. The van der Waals surface area contributed by atoms with Crippen molar-refractivity contribution in [3.63, 3.8) is 0 Å². The fourth-order valence-corrected chi connectivity index (χ4v) is 4.67. The van der Waals surface area contributed by atoms with Crippen LogP contribution >= 0.6 is 0 Å². The van der Waals surface area contributed by atoms with Crippen LogP contribution in [0.4, 0.5) is 5.69 Å². The average molecular weight is 493 g/mol. The van der Waals surface area contributed by atoms with Gasteiger partial charge in [0.1, 0.15) is 11.5 Å². The van der Waals surface area contributed by atoms with Gasteiger partial charge in [0.2, 0.25) is 5.96 Å². The summed E-state index contributed by atoms with van der Waals surface area (Å²) in [7, 11) is 1.60. The van der Waals surface area contributed by atoms with Gasteiger partial charge in [0.05, 0.1) is 38.5 Å². The number of nitrogens with one attached hydrogen (secondary N) is 1. The number of morpholine rings is 1. The van der Waals surface area contributed by atoms with Crippen molar-refractivity contribution < 1.29 is 19.0 Å². The Labute approximate surface area is 211 Å². The van der Waals surface area contributed by atoms with Crippen LogP contribution in [0.15, 0.2) is 46.6 Å². The summed E-state index contributed by atoms with van der Waals surface area (Å²) in [5, 5.41) is 2.92. The molecule has 10 heteroatoms. The van der Waals surface area contributed by atoms with Gasteiger partial charge in [-0.25, -0.2) is 4.99 Å². The van der Waals surface area contributed by atoms with Gasteiger partial charge in [0, 0.05) is 44.1 Å². The van der Waals surface area contributed by atoms with E-state index in [1.165, 1.54) is 6.20 Å². The van der Waals surface area contributed by atoms with Gasteiger partial charge in [-0.15, -0.1) is 0 Å². The molecule has 3 aliphatic heterocycles. The van der Waals surface area contributed by atoms with E-state index in [-0.39, 0.29) is 5.91 Å². The lowest BCUT2D eigenvalue weighted by Gasteiger charge is -2.32. The monoisotopic (exact) mass is 492 g/mol. The summed E-state index contributed by atoms with van der Waals surface area (Å²) in [6.45, 7) is 7.66. The van der Waals surface area contributed by atoms with Crippen LogP contribution in [0.3, 0.4) is 0 Å². The van der Waals surface area contributed by atoms with E-state index in [1.54, 1.807) is 25.4 Å². The molecule has 190 valence electrons. The summed E-state index contributed by atoms with van der Waals surface area (Å²) < 4.78 is 17.6.